The minimum absolute atomic E-state index is 0. The van der Waals surface area contributed by atoms with Gasteiger partial charge in [0.2, 0.25) is 0 Å². The van der Waals surface area contributed by atoms with Crippen LogP contribution in [0.3, 0.4) is 0 Å². The second-order valence-corrected chi connectivity index (χ2v) is 8.44. The predicted molar refractivity (Wildman–Crippen MR) is 114 cm³/mol. The van der Waals surface area contributed by atoms with E-state index in [1.54, 1.807) is 5.57 Å². The van der Waals surface area contributed by atoms with Gasteiger partial charge in [-0.15, -0.1) is 17.0 Å². The lowest BCUT2D eigenvalue weighted by Gasteiger charge is -2.59. The smallest absolute Gasteiger partial charge is 0.115 e. The Balaban J connectivity index is 0.00000196. The molecule has 3 atom stereocenters. The summed E-state index contributed by atoms with van der Waals surface area (Å²) >= 11 is 0. The van der Waals surface area contributed by atoms with Gasteiger partial charge in [0.15, 0.2) is 0 Å². The Labute approximate surface area is 169 Å². The van der Waals surface area contributed by atoms with Gasteiger partial charge in [0.25, 0.3) is 0 Å². The summed E-state index contributed by atoms with van der Waals surface area (Å²) in [4.78, 5) is 2.77. The lowest BCUT2D eigenvalue weighted by Crippen LogP contribution is -2.60. The number of allylic oxidation sites excluding steroid dienone is 1. The first-order valence-corrected chi connectivity index (χ1v) is 10.4. The van der Waals surface area contributed by atoms with Crippen LogP contribution >= 0.6 is 17.0 Å². The number of likely N-dealkylation sites (tertiary alicyclic amines) is 1. The summed E-state index contributed by atoms with van der Waals surface area (Å²) < 4.78 is 0. The highest BCUT2D eigenvalue weighted by molar-refractivity contribution is 8.93. The molecule has 4 rings (SSSR count). The number of phenolic OH excluding ortho intramolecular Hbond substituents is 1. The lowest BCUT2D eigenvalue weighted by atomic mass is 9.52. The molecule has 2 bridgehead atoms. The fraction of sp³-hybridized carbons (Fsp3) is 0.652. The number of benzene rings is 1. The van der Waals surface area contributed by atoms with E-state index in [-0.39, 0.29) is 17.0 Å². The molecule has 2 nitrogen and oxygen atoms in total. The van der Waals surface area contributed by atoms with Gasteiger partial charge in [-0.05, 0) is 74.2 Å². The van der Waals surface area contributed by atoms with Crippen LogP contribution in [0.1, 0.15) is 69.9 Å². The van der Waals surface area contributed by atoms with Gasteiger partial charge in [-0.2, -0.15) is 0 Å². The van der Waals surface area contributed by atoms with E-state index in [9.17, 15) is 5.11 Å². The largest absolute Gasteiger partial charge is 0.508 e. The average molecular weight is 420 g/mol. The topological polar surface area (TPSA) is 23.5 Å². The Hall–Kier alpha value is -0.800. The molecule has 0 radical (unpaired) electrons. The van der Waals surface area contributed by atoms with Crippen LogP contribution in [0.15, 0.2) is 29.8 Å². The van der Waals surface area contributed by atoms with E-state index in [0.717, 1.165) is 12.5 Å². The number of phenols is 1. The Morgan fingerprint density at radius 1 is 1.23 bits per heavy atom. The molecule has 2 fully saturated rings. The summed E-state index contributed by atoms with van der Waals surface area (Å²) in [7, 11) is 0. The number of nitrogens with zero attached hydrogens (tertiary/aromatic N) is 1. The number of aromatic hydroxyl groups is 1. The van der Waals surface area contributed by atoms with Gasteiger partial charge in [0, 0.05) is 18.0 Å². The first-order chi connectivity index (χ1) is 12.2. The minimum atomic E-state index is 0. The van der Waals surface area contributed by atoms with Gasteiger partial charge in [0.05, 0.1) is 0 Å². The van der Waals surface area contributed by atoms with E-state index in [1.165, 1.54) is 69.0 Å². The molecule has 1 aromatic rings. The summed E-state index contributed by atoms with van der Waals surface area (Å²) in [5.74, 6) is 1.24. The number of hydrogen-bond acceptors (Lipinski definition) is 2. The van der Waals surface area contributed by atoms with Crippen LogP contribution in [0.4, 0.5) is 0 Å². The van der Waals surface area contributed by atoms with E-state index >= 15 is 0 Å². The molecular weight excluding hydrogens is 386 g/mol. The average Bonchev–Trinajstić information content (AvgIpc) is 2.64. The molecule has 3 heteroatoms. The van der Waals surface area contributed by atoms with Crippen molar-refractivity contribution in [2.45, 2.75) is 76.7 Å². The van der Waals surface area contributed by atoms with Crippen molar-refractivity contribution in [1.82, 2.24) is 4.90 Å². The second kappa shape index (κ2) is 8.06. The van der Waals surface area contributed by atoms with Crippen LogP contribution < -0.4 is 0 Å². The maximum atomic E-state index is 10.1. The molecule has 2 aliphatic carbocycles. The van der Waals surface area contributed by atoms with Gasteiger partial charge < -0.3 is 5.11 Å². The van der Waals surface area contributed by atoms with E-state index in [1.807, 2.05) is 6.07 Å². The Morgan fingerprint density at radius 2 is 2.04 bits per heavy atom. The lowest BCUT2D eigenvalue weighted by molar-refractivity contribution is -0.00531. The van der Waals surface area contributed by atoms with Crippen LogP contribution in [0, 0.1) is 5.92 Å². The normalized spacial score (nSPS) is 29.9. The number of fused-ring (bicyclic) bond motifs is 1. The maximum absolute atomic E-state index is 10.1. The van der Waals surface area contributed by atoms with Crippen molar-refractivity contribution in [3.05, 3.63) is 41.0 Å². The monoisotopic (exact) mass is 419 g/mol. The number of rotatable bonds is 4. The summed E-state index contributed by atoms with van der Waals surface area (Å²) in [6.07, 6.45) is 12.7. The molecule has 1 aromatic carbocycles. The maximum Gasteiger partial charge on any atom is 0.115 e. The van der Waals surface area contributed by atoms with Gasteiger partial charge in [-0.3, -0.25) is 4.90 Å². The van der Waals surface area contributed by atoms with Crippen molar-refractivity contribution >= 4 is 17.0 Å². The van der Waals surface area contributed by atoms with Crippen LogP contribution in [0.2, 0.25) is 0 Å². The molecule has 0 spiro atoms. The van der Waals surface area contributed by atoms with Crippen LogP contribution in [0.25, 0.3) is 0 Å². The zero-order valence-electron chi connectivity index (χ0n) is 16.3. The quantitative estimate of drug-likeness (QED) is 0.625. The highest BCUT2D eigenvalue weighted by atomic mass is 79.9. The van der Waals surface area contributed by atoms with Crippen molar-refractivity contribution in [3.63, 3.8) is 0 Å². The molecule has 0 unspecified atom stereocenters. The van der Waals surface area contributed by atoms with E-state index < -0.39 is 0 Å². The SMILES string of the molecule is Br.CCC(=CCN1CC[C@]23CCCC[C@H]2[C@H]1Cc1ccc(O)cc13)CC. The zero-order chi connectivity index (χ0) is 17.4. The van der Waals surface area contributed by atoms with Crippen LogP contribution in [-0.2, 0) is 11.8 Å². The van der Waals surface area contributed by atoms with Crippen molar-refractivity contribution in [2.75, 3.05) is 13.1 Å². The molecule has 1 saturated carbocycles. The Morgan fingerprint density at radius 3 is 2.81 bits per heavy atom. The van der Waals surface area contributed by atoms with Crippen LogP contribution in [-0.4, -0.2) is 29.1 Å². The summed E-state index contributed by atoms with van der Waals surface area (Å²) in [5.41, 5.74) is 4.93. The van der Waals surface area contributed by atoms with Crippen molar-refractivity contribution < 1.29 is 5.11 Å². The van der Waals surface area contributed by atoms with E-state index in [0.29, 0.717) is 17.2 Å². The predicted octanol–water partition coefficient (Wildman–Crippen LogP) is 5.77. The number of halogens is 1. The molecule has 144 valence electrons. The molecule has 0 amide bonds. The van der Waals surface area contributed by atoms with Gasteiger partial charge >= 0.3 is 0 Å². The molecule has 3 aliphatic rings. The third-order valence-corrected chi connectivity index (χ3v) is 7.46. The standard InChI is InChI=1S/C23H33NO.BrH/c1-3-17(4-2)10-13-24-14-12-23-11-6-5-7-20(23)22(24)15-18-8-9-19(25)16-21(18)23;/h8-10,16,20,22,25H,3-7,11-15H2,1-2H3;1H/t20-,22+,23+;/m0./s1. The fourth-order valence-corrected chi connectivity index (χ4v) is 6.08. The fourth-order valence-electron chi connectivity index (χ4n) is 6.08. The van der Waals surface area contributed by atoms with Crippen molar-refractivity contribution in [2.24, 2.45) is 5.92 Å². The van der Waals surface area contributed by atoms with Crippen LogP contribution in [0.5, 0.6) is 5.75 Å². The Kier molecular flexibility index (Phi) is 6.18. The molecule has 1 saturated heterocycles. The summed E-state index contributed by atoms with van der Waals surface area (Å²) in [5, 5.41) is 10.1. The molecular formula is C23H34BrNO. The zero-order valence-corrected chi connectivity index (χ0v) is 18.1. The molecule has 26 heavy (non-hydrogen) atoms. The Bertz CT molecular complexity index is 664. The third kappa shape index (κ3) is 3.26. The minimum Gasteiger partial charge on any atom is -0.508 e. The van der Waals surface area contributed by atoms with Gasteiger partial charge in [-0.1, -0.05) is 44.4 Å². The van der Waals surface area contributed by atoms with Gasteiger partial charge in [-0.25, -0.2) is 0 Å². The van der Waals surface area contributed by atoms with E-state index in [4.69, 9.17) is 0 Å². The highest BCUT2D eigenvalue weighted by Gasteiger charge is 2.53. The summed E-state index contributed by atoms with van der Waals surface area (Å²) in [6.45, 7) is 6.90. The molecule has 1 aliphatic heterocycles. The van der Waals surface area contributed by atoms with E-state index in [2.05, 4.69) is 37.0 Å². The number of piperidine rings is 1. The van der Waals surface area contributed by atoms with Crippen molar-refractivity contribution in [3.8, 4) is 5.75 Å². The highest BCUT2D eigenvalue weighted by Crippen LogP contribution is 2.56. The number of hydrogen-bond donors (Lipinski definition) is 1. The second-order valence-electron chi connectivity index (χ2n) is 8.44. The first kappa shape index (κ1) is 19.9. The van der Waals surface area contributed by atoms with Gasteiger partial charge in [0.1, 0.15) is 5.75 Å². The summed E-state index contributed by atoms with van der Waals surface area (Å²) in [6, 6.07) is 6.89. The molecule has 1 N–H and O–H groups in total. The molecule has 0 aromatic heterocycles. The first-order valence-electron chi connectivity index (χ1n) is 10.4. The third-order valence-electron chi connectivity index (χ3n) is 7.46. The molecule has 1 heterocycles. The van der Waals surface area contributed by atoms with Crippen molar-refractivity contribution in [1.29, 1.82) is 0 Å².